The van der Waals surface area contributed by atoms with E-state index >= 15 is 0 Å². The average molecular weight is 450 g/mol. The molecule has 0 aromatic heterocycles. The molecule has 0 spiro atoms. The highest BCUT2D eigenvalue weighted by Crippen LogP contribution is 2.58. The summed E-state index contributed by atoms with van der Waals surface area (Å²) >= 11 is 0. The van der Waals surface area contributed by atoms with E-state index in [0.29, 0.717) is 0 Å². The Hall–Kier alpha value is -1.99. The molecule has 3 aromatic rings. The van der Waals surface area contributed by atoms with E-state index in [1.54, 1.807) is 14.2 Å². The van der Waals surface area contributed by atoms with E-state index in [4.69, 9.17) is 9.47 Å². The fourth-order valence-corrected chi connectivity index (χ4v) is 10.1. The molecule has 170 valence electrons. The fourth-order valence-electron chi connectivity index (χ4n) is 4.89. The zero-order valence-electron chi connectivity index (χ0n) is 20.3. The lowest BCUT2D eigenvalue weighted by Gasteiger charge is -2.31. The van der Waals surface area contributed by atoms with Crippen molar-refractivity contribution in [2.24, 2.45) is 0 Å². The SMILES string of the molecule is COC(CCCCC[P+](c1ccccc1C)(c1ccccc1C)c1ccccc1C)OC. The molecule has 3 aromatic carbocycles. The molecule has 0 N–H and O–H groups in total. The van der Waals surface area contributed by atoms with Crippen LogP contribution in [0.4, 0.5) is 0 Å². The van der Waals surface area contributed by atoms with Crippen LogP contribution in [0.3, 0.4) is 0 Å². The van der Waals surface area contributed by atoms with Gasteiger partial charge >= 0.3 is 0 Å². The third kappa shape index (κ3) is 5.31. The Labute approximate surface area is 195 Å². The molecule has 3 heteroatoms. The number of benzene rings is 3. The summed E-state index contributed by atoms with van der Waals surface area (Å²) in [5, 5.41) is 4.57. The lowest BCUT2D eigenvalue weighted by Crippen LogP contribution is -2.37. The Bertz CT molecular complexity index is 883. The lowest BCUT2D eigenvalue weighted by molar-refractivity contribution is -0.107. The van der Waals surface area contributed by atoms with E-state index in [1.807, 2.05) is 0 Å². The van der Waals surface area contributed by atoms with E-state index in [-0.39, 0.29) is 6.29 Å². The first kappa shape index (κ1) is 24.6. The highest BCUT2D eigenvalue weighted by atomic mass is 31.2. The topological polar surface area (TPSA) is 18.5 Å². The first-order valence-electron chi connectivity index (χ1n) is 11.7. The summed E-state index contributed by atoms with van der Waals surface area (Å²) in [6.45, 7) is 6.84. The number of ether oxygens (including phenoxy) is 2. The Morgan fingerprint density at radius 1 is 0.594 bits per heavy atom. The van der Waals surface area contributed by atoms with Crippen LogP contribution in [-0.2, 0) is 9.47 Å². The molecule has 0 aliphatic rings. The normalized spacial score (nSPS) is 11.8. The fraction of sp³-hybridized carbons (Fsp3) is 0.379. The third-order valence-corrected chi connectivity index (χ3v) is 11.5. The molecule has 0 aliphatic heterocycles. The van der Waals surface area contributed by atoms with Crippen molar-refractivity contribution in [3.05, 3.63) is 89.5 Å². The molecular weight excluding hydrogens is 411 g/mol. The van der Waals surface area contributed by atoms with Crippen molar-refractivity contribution in [2.45, 2.75) is 52.7 Å². The van der Waals surface area contributed by atoms with Crippen molar-refractivity contribution in [3.63, 3.8) is 0 Å². The van der Waals surface area contributed by atoms with Crippen LogP contribution in [-0.4, -0.2) is 26.7 Å². The van der Waals surface area contributed by atoms with Crippen LogP contribution in [0.25, 0.3) is 0 Å². The summed E-state index contributed by atoms with van der Waals surface area (Å²) in [4.78, 5) is 0. The second-order valence-electron chi connectivity index (χ2n) is 8.64. The van der Waals surface area contributed by atoms with Gasteiger partial charge in [0.1, 0.15) is 23.2 Å². The van der Waals surface area contributed by atoms with E-state index < -0.39 is 7.26 Å². The van der Waals surface area contributed by atoms with Gasteiger partial charge < -0.3 is 9.47 Å². The van der Waals surface area contributed by atoms with E-state index in [9.17, 15) is 0 Å². The van der Waals surface area contributed by atoms with E-state index in [2.05, 4.69) is 93.6 Å². The van der Waals surface area contributed by atoms with Crippen LogP contribution in [0.2, 0.25) is 0 Å². The molecule has 0 aliphatic carbocycles. The van der Waals surface area contributed by atoms with Gasteiger partial charge in [0, 0.05) is 14.2 Å². The van der Waals surface area contributed by atoms with Crippen molar-refractivity contribution >= 4 is 23.2 Å². The Kier molecular flexibility index (Phi) is 9.05. The second kappa shape index (κ2) is 11.8. The van der Waals surface area contributed by atoms with Gasteiger partial charge in [0.25, 0.3) is 0 Å². The first-order chi connectivity index (χ1) is 15.5. The maximum absolute atomic E-state index is 5.39. The third-order valence-electron chi connectivity index (χ3n) is 6.54. The molecule has 0 saturated carbocycles. The van der Waals surface area contributed by atoms with Crippen molar-refractivity contribution in [2.75, 3.05) is 20.4 Å². The van der Waals surface area contributed by atoms with Crippen molar-refractivity contribution < 1.29 is 9.47 Å². The average Bonchev–Trinajstić information content (AvgIpc) is 2.81. The molecule has 0 atom stereocenters. The number of rotatable bonds is 11. The Balaban J connectivity index is 2.08. The lowest BCUT2D eigenvalue weighted by atomic mass is 10.2. The quantitative estimate of drug-likeness (QED) is 0.200. The summed E-state index contributed by atoms with van der Waals surface area (Å²) < 4.78 is 10.8. The molecule has 0 unspecified atom stereocenters. The van der Waals surface area contributed by atoms with E-state index in [0.717, 1.165) is 12.8 Å². The molecular formula is C29H38O2P+. The summed E-state index contributed by atoms with van der Waals surface area (Å²) in [5.74, 6) is 0. The second-order valence-corrected chi connectivity index (χ2v) is 12.2. The molecule has 0 radical (unpaired) electrons. The summed E-state index contributed by atoms with van der Waals surface area (Å²) in [6, 6.07) is 27.1. The maximum Gasteiger partial charge on any atom is 0.156 e. The standard InChI is InChI=1S/C29H38O2P/c1-23-15-8-11-18-26(23)32(27-19-12-9-16-24(27)2,28-20-13-10-17-25(28)3)22-14-6-7-21-29(30-4)31-5/h8-13,15-20,29H,6-7,14,21-22H2,1-5H3/q+1. The van der Waals surface area contributed by atoms with Crippen molar-refractivity contribution in [3.8, 4) is 0 Å². The van der Waals surface area contributed by atoms with Crippen LogP contribution in [0.1, 0.15) is 42.4 Å². The minimum Gasteiger partial charge on any atom is -0.356 e. The van der Waals surface area contributed by atoms with Crippen molar-refractivity contribution in [1.29, 1.82) is 0 Å². The molecule has 3 rings (SSSR count). The van der Waals surface area contributed by atoms with Crippen LogP contribution in [0, 0.1) is 20.8 Å². The molecule has 32 heavy (non-hydrogen) atoms. The Morgan fingerprint density at radius 3 is 1.38 bits per heavy atom. The minimum absolute atomic E-state index is 0.0985. The van der Waals surface area contributed by atoms with E-state index in [1.165, 1.54) is 51.6 Å². The minimum atomic E-state index is -1.81. The number of hydrogen-bond donors (Lipinski definition) is 0. The zero-order chi connectivity index (χ0) is 23.0. The van der Waals surface area contributed by atoms with Gasteiger partial charge in [0.2, 0.25) is 0 Å². The van der Waals surface area contributed by atoms with Gasteiger partial charge in [-0.15, -0.1) is 0 Å². The number of aryl methyl sites for hydroxylation is 3. The van der Waals surface area contributed by atoms with Gasteiger partial charge in [-0.3, -0.25) is 0 Å². The number of methoxy groups -OCH3 is 2. The predicted octanol–water partition coefficient (Wildman–Crippen LogP) is 6.09. The molecule has 0 bridgehead atoms. The van der Waals surface area contributed by atoms with Gasteiger partial charge in [-0.05, 0) is 81.3 Å². The highest BCUT2D eigenvalue weighted by Gasteiger charge is 2.47. The van der Waals surface area contributed by atoms with Gasteiger partial charge in [-0.2, -0.15) is 0 Å². The van der Waals surface area contributed by atoms with Gasteiger partial charge in [0.15, 0.2) is 6.29 Å². The van der Waals surface area contributed by atoms with Crippen LogP contribution < -0.4 is 15.9 Å². The smallest absolute Gasteiger partial charge is 0.156 e. The van der Waals surface area contributed by atoms with Gasteiger partial charge in [-0.25, -0.2) is 0 Å². The largest absolute Gasteiger partial charge is 0.356 e. The maximum atomic E-state index is 5.39. The Morgan fingerprint density at radius 2 is 1.00 bits per heavy atom. The predicted molar refractivity (Wildman–Crippen MR) is 140 cm³/mol. The summed E-state index contributed by atoms with van der Waals surface area (Å²) in [7, 11) is 1.64. The summed E-state index contributed by atoms with van der Waals surface area (Å²) in [6.07, 6.45) is 5.50. The van der Waals surface area contributed by atoms with Crippen LogP contribution in [0.5, 0.6) is 0 Å². The van der Waals surface area contributed by atoms with Crippen LogP contribution >= 0.6 is 7.26 Å². The highest BCUT2D eigenvalue weighted by molar-refractivity contribution is 7.96. The molecule has 0 heterocycles. The summed E-state index contributed by atoms with van der Waals surface area (Å²) in [5.41, 5.74) is 4.18. The number of unbranched alkanes of at least 4 members (excludes halogenated alkanes) is 2. The number of hydrogen-bond acceptors (Lipinski definition) is 2. The van der Waals surface area contributed by atoms with Crippen LogP contribution in [0.15, 0.2) is 72.8 Å². The molecule has 0 saturated heterocycles. The monoisotopic (exact) mass is 449 g/mol. The van der Waals surface area contributed by atoms with Gasteiger partial charge in [-0.1, -0.05) is 54.6 Å². The molecule has 0 amide bonds. The van der Waals surface area contributed by atoms with Crippen molar-refractivity contribution in [1.82, 2.24) is 0 Å². The van der Waals surface area contributed by atoms with Gasteiger partial charge in [0.05, 0.1) is 6.16 Å². The molecule has 2 nitrogen and oxygen atoms in total. The first-order valence-corrected chi connectivity index (χ1v) is 13.6. The zero-order valence-corrected chi connectivity index (χ0v) is 21.2. The molecule has 0 fully saturated rings.